The van der Waals surface area contributed by atoms with Crippen molar-refractivity contribution in [2.75, 3.05) is 11.9 Å². The Morgan fingerprint density at radius 1 is 1.53 bits per heavy atom. The maximum absolute atomic E-state index is 13.4. The van der Waals surface area contributed by atoms with E-state index in [0.717, 1.165) is 0 Å². The van der Waals surface area contributed by atoms with E-state index in [1.54, 1.807) is 6.07 Å². The normalized spacial score (nSPS) is 12.6. The lowest BCUT2D eigenvalue weighted by Gasteiger charge is -2.18. The Balaban J connectivity index is 2.83. The maximum Gasteiger partial charge on any atom is 0.229 e. The molecule has 0 saturated carbocycles. The molecule has 1 amide bonds. The largest absolute Gasteiger partial charge is 0.330 e. The number of carbonyl (C=O) groups is 1. The number of halogens is 2. The van der Waals surface area contributed by atoms with Crippen LogP contribution in [-0.4, -0.2) is 12.5 Å². The molecule has 0 aliphatic rings. The van der Waals surface area contributed by atoms with E-state index < -0.39 is 5.82 Å². The number of rotatable bonds is 4. The molecule has 1 atom stereocenters. The second-order valence-corrected chi connectivity index (χ2v) is 5.12. The molecular formula is C12H16BrFN2O. The van der Waals surface area contributed by atoms with E-state index in [1.165, 1.54) is 12.1 Å². The van der Waals surface area contributed by atoms with Crippen LogP contribution in [0.3, 0.4) is 0 Å². The van der Waals surface area contributed by atoms with Gasteiger partial charge in [-0.2, -0.15) is 0 Å². The van der Waals surface area contributed by atoms with E-state index in [9.17, 15) is 9.18 Å². The van der Waals surface area contributed by atoms with Gasteiger partial charge >= 0.3 is 0 Å². The van der Waals surface area contributed by atoms with Gasteiger partial charge < -0.3 is 11.1 Å². The van der Waals surface area contributed by atoms with E-state index in [1.807, 2.05) is 13.8 Å². The molecule has 1 aromatic carbocycles. The van der Waals surface area contributed by atoms with Crippen molar-refractivity contribution in [1.29, 1.82) is 0 Å². The minimum absolute atomic E-state index is 0.121. The number of hydrogen-bond donors (Lipinski definition) is 2. The Hall–Kier alpha value is -0.940. The molecule has 0 bridgehead atoms. The van der Waals surface area contributed by atoms with Crippen LogP contribution in [-0.2, 0) is 4.79 Å². The highest BCUT2D eigenvalue weighted by Gasteiger charge is 2.21. The Kier molecular flexibility index (Phi) is 5.08. The summed E-state index contributed by atoms with van der Waals surface area (Å²) in [6.07, 6.45) is 0. The van der Waals surface area contributed by atoms with Gasteiger partial charge in [0.1, 0.15) is 5.82 Å². The summed E-state index contributed by atoms with van der Waals surface area (Å²) in [5, 5.41) is 2.56. The summed E-state index contributed by atoms with van der Waals surface area (Å²) in [5.74, 6) is -0.899. The van der Waals surface area contributed by atoms with Crippen LogP contribution < -0.4 is 11.1 Å². The average Bonchev–Trinajstić information content (AvgIpc) is 2.24. The van der Waals surface area contributed by atoms with Gasteiger partial charge in [-0.05, 0) is 24.1 Å². The fourth-order valence-electron chi connectivity index (χ4n) is 1.50. The molecule has 1 rings (SSSR count). The Bertz CT molecular complexity index is 409. The summed E-state index contributed by atoms with van der Waals surface area (Å²) in [6.45, 7) is 4.07. The van der Waals surface area contributed by atoms with Crippen molar-refractivity contribution in [3.8, 4) is 0 Å². The molecule has 0 aromatic heterocycles. The molecule has 0 aliphatic heterocycles. The lowest BCUT2D eigenvalue weighted by molar-refractivity contribution is -0.120. The van der Waals surface area contributed by atoms with Gasteiger partial charge in [-0.1, -0.05) is 29.8 Å². The fraction of sp³-hybridized carbons (Fsp3) is 0.417. The van der Waals surface area contributed by atoms with Crippen LogP contribution in [0.2, 0.25) is 0 Å². The van der Waals surface area contributed by atoms with Gasteiger partial charge in [0.2, 0.25) is 5.91 Å². The Morgan fingerprint density at radius 2 is 2.18 bits per heavy atom. The minimum atomic E-state index is -0.457. The predicted octanol–water partition coefficient (Wildman–Crippen LogP) is 2.76. The zero-order chi connectivity index (χ0) is 13.0. The van der Waals surface area contributed by atoms with E-state index >= 15 is 0 Å². The molecule has 1 unspecified atom stereocenters. The third kappa shape index (κ3) is 3.78. The standard InChI is InChI=1S/C12H16BrFN2O/c1-7(2)9(6-15)12(17)16-11-5-8(13)3-4-10(11)14/h3-5,7,9H,6,15H2,1-2H3,(H,16,17). The smallest absolute Gasteiger partial charge is 0.229 e. The number of nitrogens with one attached hydrogen (secondary N) is 1. The molecule has 0 heterocycles. The van der Waals surface area contributed by atoms with Gasteiger partial charge in [-0.15, -0.1) is 0 Å². The molecule has 3 nitrogen and oxygen atoms in total. The molecule has 0 fully saturated rings. The van der Waals surface area contributed by atoms with Gasteiger partial charge in [-0.25, -0.2) is 4.39 Å². The van der Waals surface area contributed by atoms with Crippen molar-refractivity contribution in [2.24, 2.45) is 17.6 Å². The van der Waals surface area contributed by atoms with Gasteiger partial charge in [-0.3, -0.25) is 4.79 Å². The lowest BCUT2D eigenvalue weighted by atomic mass is 9.95. The number of nitrogens with two attached hydrogens (primary N) is 1. The molecule has 3 N–H and O–H groups in total. The van der Waals surface area contributed by atoms with Crippen molar-refractivity contribution < 1.29 is 9.18 Å². The number of anilines is 1. The van der Waals surface area contributed by atoms with Crippen LogP contribution in [0.1, 0.15) is 13.8 Å². The van der Waals surface area contributed by atoms with Gasteiger partial charge in [0.15, 0.2) is 0 Å². The van der Waals surface area contributed by atoms with Crippen LogP contribution in [0.4, 0.5) is 10.1 Å². The fourth-order valence-corrected chi connectivity index (χ4v) is 1.86. The molecule has 0 aliphatic carbocycles. The highest BCUT2D eigenvalue weighted by Crippen LogP contribution is 2.21. The molecule has 1 aromatic rings. The van der Waals surface area contributed by atoms with Crippen LogP contribution in [0.25, 0.3) is 0 Å². The molecule has 5 heteroatoms. The quantitative estimate of drug-likeness (QED) is 0.898. The molecule has 0 radical (unpaired) electrons. The zero-order valence-corrected chi connectivity index (χ0v) is 11.4. The summed E-state index contributed by atoms with van der Waals surface area (Å²) < 4.78 is 14.1. The second kappa shape index (κ2) is 6.12. The van der Waals surface area contributed by atoms with Crippen LogP contribution in [0.5, 0.6) is 0 Å². The molecule has 0 spiro atoms. The minimum Gasteiger partial charge on any atom is -0.330 e. The van der Waals surface area contributed by atoms with Crippen LogP contribution in [0.15, 0.2) is 22.7 Å². The summed E-state index contributed by atoms with van der Waals surface area (Å²) in [7, 11) is 0. The van der Waals surface area contributed by atoms with Crippen molar-refractivity contribution in [3.63, 3.8) is 0 Å². The number of carbonyl (C=O) groups excluding carboxylic acids is 1. The first-order valence-electron chi connectivity index (χ1n) is 5.41. The molecule has 94 valence electrons. The second-order valence-electron chi connectivity index (χ2n) is 4.20. The predicted molar refractivity (Wildman–Crippen MR) is 70.1 cm³/mol. The van der Waals surface area contributed by atoms with E-state index in [0.29, 0.717) is 4.47 Å². The summed E-state index contributed by atoms with van der Waals surface area (Å²) in [6, 6.07) is 4.40. The van der Waals surface area contributed by atoms with Crippen molar-refractivity contribution >= 4 is 27.5 Å². The number of amides is 1. The topological polar surface area (TPSA) is 55.1 Å². The summed E-state index contributed by atoms with van der Waals surface area (Å²) in [4.78, 5) is 11.9. The molecule has 0 saturated heterocycles. The van der Waals surface area contributed by atoms with Gasteiger partial charge in [0, 0.05) is 11.0 Å². The van der Waals surface area contributed by atoms with Crippen molar-refractivity contribution in [1.82, 2.24) is 0 Å². The van der Waals surface area contributed by atoms with E-state index in [2.05, 4.69) is 21.2 Å². The molecule has 17 heavy (non-hydrogen) atoms. The first kappa shape index (κ1) is 14.1. The van der Waals surface area contributed by atoms with Crippen molar-refractivity contribution in [2.45, 2.75) is 13.8 Å². The molecular weight excluding hydrogens is 287 g/mol. The first-order valence-corrected chi connectivity index (χ1v) is 6.21. The monoisotopic (exact) mass is 302 g/mol. The maximum atomic E-state index is 13.4. The third-order valence-electron chi connectivity index (χ3n) is 2.58. The highest BCUT2D eigenvalue weighted by atomic mass is 79.9. The van der Waals surface area contributed by atoms with Crippen molar-refractivity contribution in [3.05, 3.63) is 28.5 Å². The summed E-state index contributed by atoms with van der Waals surface area (Å²) in [5.41, 5.74) is 5.70. The average molecular weight is 303 g/mol. The van der Waals surface area contributed by atoms with Crippen LogP contribution in [0, 0.1) is 17.7 Å². The van der Waals surface area contributed by atoms with E-state index in [-0.39, 0.29) is 30.0 Å². The zero-order valence-electron chi connectivity index (χ0n) is 9.84. The third-order valence-corrected chi connectivity index (χ3v) is 3.07. The van der Waals surface area contributed by atoms with Gasteiger partial charge in [0.05, 0.1) is 11.6 Å². The Morgan fingerprint density at radius 3 is 2.71 bits per heavy atom. The van der Waals surface area contributed by atoms with E-state index in [4.69, 9.17) is 5.73 Å². The van der Waals surface area contributed by atoms with Crippen LogP contribution >= 0.6 is 15.9 Å². The number of hydrogen-bond acceptors (Lipinski definition) is 2. The van der Waals surface area contributed by atoms with Gasteiger partial charge in [0.25, 0.3) is 0 Å². The number of benzene rings is 1. The first-order chi connectivity index (χ1) is 7.95. The summed E-state index contributed by atoms with van der Waals surface area (Å²) >= 11 is 3.23. The lowest BCUT2D eigenvalue weighted by Crippen LogP contribution is -2.33. The Labute approximate surface area is 109 Å². The highest BCUT2D eigenvalue weighted by molar-refractivity contribution is 9.10. The SMILES string of the molecule is CC(C)C(CN)C(=O)Nc1cc(Br)ccc1F.